The first-order chi connectivity index (χ1) is 8.68. The van der Waals surface area contributed by atoms with Crippen molar-refractivity contribution in [2.75, 3.05) is 6.61 Å². The van der Waals surface area contributed by atoms with Crippen molar-refractivity contribution in [1.29, 1.82) is 0 Å². The Kier molecular flexibility index (Phi) is 5.07. The summed E-state index contributed by atoms with van der Waals surface area (Å²) in [6.45, 7) is 2.79. The summed E-state index contributed by atoms with van der Waals surface area (Å²) in [5, 5.41) is 0. The van der Waals surface area contributed by atoms with Crippen molar-refractivity contribution in [3.05, 3.63) is 21.3 Å². The molecule has 1 aromatic rings. The molecule has 102 valence electrons. The predicted octanol–water partition coefficient (Wildman–Crippen LogP) is 4.53. The van der Waals surface area contributed by atoms with Gasteiger partial charge < -0.3 is 10.5 Å². The molecule has 18 heavy (non-hydrogen) atoms. The summed E-state index contributed by atoms with van der Waals surface area (Å²) in [6.07, 6.45) is 7.16. The summed E-state index contributed by atoms with van der Waals surface area (Å²) in [7, 11) is 0. The highest BCUT2D eigenvalue weighted by Crippen LogP contribution is 2.41. The first kappa shape index (κ1) is 14.3. The van der Waals surface area contributed by atoms with E-state index in [9.17, 15) is 0 Å². The highest BCUT2D eigenvalue weighted by atomic mass is 35.5. The van der Waals surface area contributed by atoms with Crippen LogP contribution in [0.1, 0.15) is 56.4 Å². The molecule has 1 aliphatic carbocycles. The van der Waals surface area contributed by atoms with E-state index in [-0.39, 0.29) is 11.6 Å². The Morgan fingerprint density at radius 1 is 1.33 bits per heavy atom. The summed E-state index contributed by atoms with van der Waals surface area (Å²) in [6, 6.07) is 3.93. The second-order valence-corrected chi connectivity index (χ2v) is 6.78. The van der Waals surface area contributed by atoms with Crippen LogP contribution in [-0.4, -0.2) is 12.2 Å². The van der Waals surface area contributed by atoms with Crippen molar-refractivity contribution >= 4 is 22.9 Å². The van der Waals surface area contributed by atoms with Gasteiger partial charge in [-0.15, -0.1) is 11.3 Å². The number of nitrogens with two attached hydrogens (primary N) is 1. The topological polar surface area (TPSA) is 35.2 Å². The maximum atomic E-state index is 6.50. The van der Waals surface area contributed by atoms with Crippen LogP contribution in [0.15, 0.2) is 12.1 Å². The molecular weight excluding hydrogens is 266 g/mol. The van der Waals surface area contributed by atoms with E-state index in [2.05, 4.69) is 6.92 Å². The van der Waals surface area contributed by atoms with E-state index in [4.69, 9.17) is 22.1 Å². The molecule has 2 nitrogen and oxygen atoms in total. The molecule has 1 atom stereocenters. The monoisotopic (exact) mass is 287 g/mol. The van der Waals surface area contributed by atoms with Gasteiger partial charge in [0, 0.05) is 11.5 Å². The van der Waals surface area contributed by atoms with Gasteiger partial charge in [-0.3, -0.25) is 0 Å². The Hall–Kier alpha value is -0.0900. The average Bonchev–Trinajstić information content (AvgIpc) is 2.64. The summed E-state index contributed by atoms with van der Waals surface area (Å²) in [5.41, 5.74) is 6.32. The fourth-order valence-electron chi connectivity index (χ4n) is 2.91. The van der Waals surface area contributed by atoms with Crippen LogP contribution in [0, 0.1) is 0 Å². The Morgan fingerprint density at radius 3 is 2.50 bits per heavy atom. The number of rotatable bonds is 4. The van der Waals surface area contributed by atoms with Gasteiger partial charge in [0.25, 0.3) is 0 Å². The van der Waals surface area contributed by atoms with E-state index in [0.29, 0.717) is 0 Å². The fraction of sp³-hybridized carbons (Fsp3) is 0.714. The molecule has 2 rings (SSSR count). The van der Waals surface area contributed by atoms with Crippen molar-refractivity contribution < 1.29 is 4.74 Å². The minimum atomic E-state index is -0.181. The molecule has 0 radical (unpaired) electrons. The summed E-state index contributed by atoms with van der Waals surface area (Å²) in [5.74, 6) is 0. The molecule has 0 aromatic carbocycles. The van der Waals surface area contributed by atoms with E-state index >= 15 is 0 Å². The fourth-order valence-corrected chi connectivity index (χ4v) is 4.08. The Balaban J connectivity index is 2.22. The number of hydrogen-bond donors (Lipinski definition) is 1. The van der Waals surface area contributed by atoms with Gasteiger partial charge >= 0.3 is 0 Å². The van der Waals surface area contributed by atoms with Crippen LogP contribution < -0.4 is 5.73 Å². The lowest BCUT2D eigenvalue weighted by Gasteiger charge is -2.37. The zero-order valence-electron chi connectivity index (χ0n) is 11.0. The summed E-state index contributed by atoms with van der Waals surface area (Å²) >= 11 is 7.60. The van der Waals surface area contributed by atoms with Crippen LogP contribution in [0.25, 0.3) is 0 Å². The second-order valence-electron chi connectivity index (χ2n) is 5.03. The van der Waals surface area contributed by atoms with E-state index < -0.39 is 0 Å². The lowest BCUT2D eigenvalue weighted by Crippen LogP contribution is -2.43. The number of hydrogen-bond acceptors (Lipinski definition) is 3. The summed E-state index contributed by atoms with van der Waals surface area (Å²) < 4.78 is 6.92. The number of thiophene rings is 1. The molecule has 1 fully saturated rings. The van der Waals surface area contributed by atoms with Crippen LogP contribution in [0.4, 0.5) is 0 Å². The zero-order chi connectivity index (χ0) is 13.0. The Labute approximate surface area is 118 Å². The molecule has 0 spiro atoms. The highest BCUT2D eigenvalue weighted by Gasteiger charge is 2.39. The summed E-state index contributed by atoms with van der Waals surface area (Å²) in [4.78, 5) is 1.15. The van der Waals surface area contributed by atoms with Crippen molar-refractivity contribution in [2.24, 2.45) is 5.73 Å². The van der Waals surface area contributed by atoms with E-state index in [1.165, 1.54) is 25.7 Å². The molecule has 4 heteroatoms. The van der Waals surface area contributed by atoms with Gasteiger partial charge in [0.15, 0.2) is 0 Å². The molecule has 1 saturated carbocycles. The van der Waals surface area contributed by atoms with E-state index in [1.54, 1.807) is 11.3 Å². The van der Waals surface area contributed by atoms with Crippen LogP contribution in [0.3, 0.4) is 0 Å². The standard InChI is InChI=1S/C14H22ClNOS/c1-2-17-14(9-5-3-4-6-10-14)13(16)11-7-8-12(15)18-11/h7-8,13H,2-6,9-10,16H2,1H3. The first-order valence-corrected chi connectivity index (χ1v) is 8.02. The van der Waals surface area contributed by atoms with Gasteiger partial charge in [-0.2, -0.15) is 0 Å². The van der Waals surface area contributed by atoms with Crippen LogP contribution in [0.5, 0.6) is 0 Å². The molecule has 0 bridgehead atoms. The molecule has 0 saturated heterocycles. The van der Waals surface area contributed by atoms with Crippen molar-refractivity contribution in [2.45, 2.75) is 57.1 Å². The smallest absolute Gasteiger partial charge is 0.0931 e. The average molecular weight is 288 g/mol. The molecule has 1 aromatic heterocycles. The largest absolute Gasteiger partial charge is 0.373 e. The SMILES string of the molecule is CCOC1(C(N)c2ccc(Cl)s2)CCCCCC1. The number of halogens is 1. The number of ether oxygens (including phenoxy) is 1. The third-order valence-corrected chi connectivity index (χ3v) is 5.16. The predicted molar refractivity (Wildman–Crippen MR) is 78.3 cm³/mol. The molecule has 0 aliphatic heterocycles. The van der Waals surface area contributed by atoms with Crippen molar-refractivity contribution in [3.8, 4) is 0 Å². The normalized spacial score (nSPS) is 21.5. The lowest BCUT2D eigenvalue weighted by molar-refractivity contribution is -0.0688. The highest BCUT2D eigenvalue weighted by molar-refractivity contribution is 7.16. The van der Waals surface area contributed by atoms with Crippen LogP contribution >= 0.6 is 22.9 Å². The van der Waals surface area contributed by atoms with Crippen LogP contribution in [-0.2, 0) is 4.74 Å². The van der Waals surface area contributed by atoms with Gasteiger partial charge in [-0.1, -0.05) is 37.3 Å². The zero-order valence-corrected chi connectivity index (χ0v) is 12.5. The molecule has 1 aliphatic rings. The van der Waals surface area contributed by atoms with Crippen molar-refractivity contribution in [1.82, 2.24) is 0 Å². The third-order valence-electron chi connectivity index (χ3n) is 3.85. The quantitative estimate of drug-likeness (QED) is 0.826. The maximum absolute atomic E-state index is 6.50. The van der Waals surface area contributed by atoms with Gasteiger partial charge in [-0.05, 0) is 31.9 Å². The van der Waals surface area contributed by atoms with Gasteiger partial charge in [0.05, 0.1) is 16.0 Å². The van der Waals surface area contributed by atoms with E-state index in [0.717, 1.165) is 28.7 Å². The van der Waals surface area contributed by atoms with Crippen LogP contribution in [0.2, 0.25) is 4.34 Å². The van der Waals surface area contributed by atoms with Crippen molar-refractivity contribution in [3.63, 3.8) is 0 Å². The maximum Gasteiger partial charge on any atom is 0.0931 e. The lowest BCUT2D eigenvalue weighted by atomic mass is 9.85. The van der Waals surface area contributed by atoms with Gasteiger partial charge in [0.2, 0.25) is 0 Å². The molecule has 1 unspecified atom stereocenters. The molecular formula is C14H22ClNOS. The van der Waals surface area contributed by atoms with E-state index in [1.807, 2.05) is 12.1 Å². The molecule has 1 heterocycles. The molecule has 2 N–H and O–H groups in total. The third kappa shape index (κ3) is 3.08. The minimum absolute atomic E-state index is 0.0481. The Morgan fingerprint density at radius 2 is 2.00 bits per heavy atom. The second kappa shape index (κ2) is 6.38. The van der Waals surface area contributed by atoms with Gasteiger partial charge in [0.1, 0.15) is 0 Å². The Bertz CT molecular complexity index is 372. The van der Waals surface area contributed by atoms with Gasteiger partial charge in [-0.25, -0.2) is 0 Å². The molecule has 0 amide bonds. The minimum Gasteiger partial charge on any atom is -0.373 e. The first-order valence-electron chi connectivity index (χ1n) is 6.83.